The molecule has 0 aliphatic rings. The quantitative estimate of drug-likeness (QED) is 0.651. The number of hydrogen-bond acceptors (Lipinski definition) is 3. The first-order valence-electron chi connectivity index (χ1n) is 4.68. The number of carbonyl (C=O) groups excluding carboxylic acids is 1. The summed E-state index contributed by atoms with van der Waals surface area (Å²) in [5.74, 6) is -3.89. The molecule has 11 heteroatoms. The number of halogens is 6. The topological polar surface area (TPSA) is 78.4 Å². The maximum Gasteiger partial charge on any atom is 0.422 e. The number of nitrogens with one attached hydrogen (secondary N) is 2. The number of hydrogen-bond donors (Lipinski definition) is 3. The van der Waals surface area contributed by atoms with Crippen LogP contribution in [-0.4, -0.2) is 48.0 Å². The van der Waals surface area contributed by atoms with Crippen LogP contribution in [0.25, 0.3) is 0 Å². The van der Waals surface area contributed by atoms with Crippen molar-refractivity contribution in [1.29, 1.82) is 0 Å². The summed E-state index contributed by atoms with van der Waals surface area (Å²) in [4.78, 5) is 21.5. The van der Waals surface area contributed by atoms with Crippen molar-refractivity contribution >= 4 is 11.9 Å². The van der Waals surface area contributed by atoms with E-state index in [2.05, 4.69) is 0 Å². The van der Waals surface area contributed by atoms with Gasteiger partial charge in [-0.05, 0) is 6.92 Å². The van der Waals surface area contributed by atoms with Gasteiger partial charge >= 0.3 is 18.3 Å². The van der Waals surface area contributed by atoms with Crippen LogP contribution in [0.15, 0.2) is 0 Å². The van der Waals surface area contributed by atoms with E-state index < -0.39 is 42.9 Å². The molecule has 0 aliphatic heterocycles. The normalized spacial score (nSPS) is 15.7. The van der Waals surface area contributed by atoms with E-state index >= 15 is 0 Å². The molecule has 19 heavy (non-hydrogen) atoms. The predicted molar refractivity (Wildman–Crippen MR) is 49.2 cm³/mol. The molecule has 0 saturated heterocycles. The molecule has 0 fully saturated rings. The van der Waals surface area contributed by atoms with Crippen molar-refractivity contribution < 1.29 is 41.0 Å². The van der Waals surface area contributed by atoms with Gasteiger partial charge in [-0.2, -0.15) is 26.3 Å². The molecular formula is C8H10F6N2O3. The maximum atomic E-state index is 12.4. The molecule has 1 unspecified atom stereocenters. The molecular weight excluding hydrogens is 286 g/mol. The van der Waals surface area contributed by atoms with Crippen molar-refractivity contribution in [2.24, 2.45) is 0 Å². The Morgan fingerprint density at radius 1 is 1.11 bits per heavy atom. The van der Waals surface area contributed by atoms with Crippen LogP contribution in [0.1, 0.15) is 6.92 Å². The minimum absolute atomic E-state index is 0.191. The van der Waals surface area contributed by atoms with Crippen LogP contribution in [0.4, 0.5) is 26.3 Å². The van der Waals surface area contributed by atoms with Gasteiger partial charge < -0.3 is 15.7 Å². The summed E-state index contributed by atoms with van der Waals surface area (Å²) < 4.78 is 72.4. The van der Waals surface area contributed by atoms with E-state index in [1.54, 1.807) is 5.32 Å². The van der Waals surface area contributed by atoms with Gasteiger partial charge in [-0.15, -0.1) is 0 Å². The Bertz CT molecular complexity index is 353. The second-order valence-corrected chi connectivity index (χ2v) is 3.69. The zero-order valence-corrected chi connectivity index (χ0v) is 9.45. The van der Waals surface area contributed by atoms with Crippen molar-refractivity contribution in [3.8, 4) is 0 Å². The molecule has 3 N–H and O–H groups in total. The third-order valence-electron chi connectivity index (χ3n) is 2.00. The van der Waals surface area contributed by atoms with Crippen LogP contribution in [-0.2, 0) is 9.59 Å². The predicted octanol–water partition coefficient (Wildman–Crippen LogP) is 0.660. The largest absolute Gasteiger partial charge is 0.479 e. The molecule has 0 aromatic rings. The number of carbonyl (C=O) groups is 2. The van der Waals surface area contributed by atoms with E-state index in [0.29, 0.717) is 0 Å². The van der Waals surface area contributed by atoms with Gasteiger partial charge in [-0.3, -0.25) is 4.79 Å². The number of rotatable bonds is 5. The van der Waals surface area contributed by atoms with E-state index in [-0.39, 0.29) is 6.92 Å². The highest BCUT2D eigenvalue weighted by Gasteiger charge is 2.58. The van der Waals surface area contributed by atoms with Crippen molar-refractivity contribution in [1.82, 2.24) is 10.6 Å². The van der Waals surface area contributed by atoms with Crippen molar-refractivity contribution in [3.63, 3.8) is 0 Å². The summed E-state index contributed by atoms with van der Waals surface area (Å²) in [6, 6.07) is 0. The number of amides is 1. The van der Waals surface area contributed by atoms with Gasteiger partial charge in [0.25, 0.3) is 0 Å². The standard InChI is InChI=1S/C8H10F6N2O3/c1-6(5(18)19,8(12,13)14)16-4(17)2-15-3-7(9,10)11/h15H,2-3H2,1H3,(H,16,17)(H,18,19). The Balaban J connectivity index is 4.56. The first-order valence-corrected chi connectivity index (χ1v) is 4.68. The fraction of sp³-hybridized carbons (Fsp3) is 0.750. The number of carboxylic acids is 1. The molecule has 0 aromatic carbocycles. The first kappa shape index (κ1) is 17.5. The van der Waals surface area contributed by atoms with Gasteiger partial charge in [-0.1, -0.05) is 0 Å². The van der Waals surface area contributed by atoms with Gasteiger partial charge in [0.1, 0.15) is 0 Å². The zero-order chi connectivity index (χ0) is 15.5. The highest BCUT2D eigenvalue weighted by molar-refractivity contribution is 5.88. The van der Waals surface area contributed by atoms with Crippen LogP contribution >= 0.6 is 0 Å². The summed E-state index contributed by atoms with van der Waals surface area (Å²) in [6.07, 6.45) is -9.93. The van der Waals surface area contributed by atoms with Gasteiger partial charge in [0, 0.05) is 0 Å². The van der Waals surface area contributed by atoms with Gasteiger partial charge in [0.05, 0.1) is 13.1 Å². The average Bonchev–Trinajstić information content (AvgIpc) is 2.12. The zero-order valence-electron chi connectivity index (χ0n) is 9.45. The van der Waals surface area contributed by atoms with E-state index in [1.807, 2.05) is 0 Å². The lowest BCUT2D eigenvalue weighted by Crippen LogP contribution is -2.63. The van der Waals surface area contributed by atoms with Gasteiger partial charge in [0.2, 0.25) is 11.4 Å². The highest BCUT2D eigenvalue weighted by atomic mass is 19.4. The van der Waals surface area contributed by atoms with Crippen LogP contribution in [0.3, 0.4) is 0 Å². The minimum Gasteiger partial charge on any atom is -0.479 e. The molecule has 0 rings (SSSR count). The van der Waals surface area contributed by atoms with Crippen LogP contribution in [0.2, 0.25) is 0 Å². The summed E-state index contributed by atoms with van der Waals surface area (Å²) >= 11 is 0. The molecule has 1 amide bonds. The lowest BCUT2D eigenvalue weighted by Gasteiger charge is -2.28. The Morgan fingerprint density at radius 2 is 1.58 bits per heavy atom. The summed E-state index contributed by atoms with van der Waals surface area (Å²) in [5, 5.41) is 11.1. The van der Waals surface area contributed by atoms with Crippen molar-refractivity contribution in [3.05, 3.63) is 0 Å². The third-order valence-corrected chi connectivity index (χ3v) is 2.00. The van der Waals surface area contributed by atoms with Crippen LogP contribution < -0.4 is 10.6 Å². The molecule has 5 nitrogen and oxygen atoms in total. The first-order chi connectivity index (χ1) is 8.29. The number of aliphatic carboxylic acids is 1. The Labute approximate surface area is 103 Å². The second-order valence-electron chi connectivity index (χ2n) is 3.69. The van der Waals surface area contributed by atoms with Crippen molar-refractivity contribution in [2.45, 2.75) is 24.8 Å². The van der Waals surface area contributed by atoms with E-state index in [4.69, 9.17) is 5.11 Å². The smallest absolute Gasteiger partial charge is 0.422 e. The lowest BCUT2D eigenvalue weighted by atomic mass is 10.0. The minimum atomic E-state index is -5.29. The summed E-state index contributed by atoms with van der Waals surface area (Å²) in [6.45, 7) is -2.49. The lowest BCUT2D eigenvalue weighted by molar-refractivity contribution is -0.206. The molecule has 0 saturated carbocycles. The fourth-order valence-electron chi connectivity index (χ4n) is 0.886. The van der Waals surface area contributed by atoms with Gasteiger partial charge in [0.15, 0.2) is 0 Å². The van der Waals surface area contributed by atoms with Crippen molar-refractivity contribution in [2.75, 3.05) is 13.1 Å². The molecule has 0 heterocycles. The number of alkyl halides is 6. The second kappa shape index (κ2) is 5.63. The molecule has 1 atom stereocenters. The third kappa shape index (κ3) is 5.32. The summed E-state index contributed by atoms with van der Waals surface area (Å²) in [5.41, 5.74) is -3.57. The molecule has 0 spiro atoms. The molecule has 0 aromatic heterocycles. The van der Waals surface area contributed by atoms with E-state index in [9.17, 15) is 35.9 Å². The fourth-order valence-corrected chi connectivity index (χ4v) is 0.886. The average molecular weight is 296 g/mol. The molecule has 0 aliphatic carbocycles. The van der Waals surface area contributed by atoms with Crippen LogP contribution in [0, 0.1) is 0 Å². The Hall–Kier alpha value is -1.52. The molecule has 0 radical (unpaired) electrons. The molecule has 112 valence electrons. The highest BCUT2D eigenvalue weighted by Crippen LogP contribution is 2.30. The monoisotopic (exact) mass is 296 g/mol. The number of carboxylic acid groups (broad SMARTS) is 1. The van der Waals surface area contributed by atoms with E-state index in [1.165, 1.54) is 0 Å². The van der Waals surface area contributed by atoms with Gasteiger partial charge in [-0.25, -0.2) is 4.79 Å². The van der Waals surface area contributed by atoms with E-state index in [0.717, 1.165) is 5.32 Å². The SMILES string of the molecule is CC(NC(=O)CNCC(F)(F)F)(C(=O)O)C(F)(F)F. The van der Waals surface area contributed by atoms with Crippen LogP contribution in [0.5, 0.6) is 0 Å². The summed E-state index contributed by atoms with van der Waals surface area (Å²) in [7, 11) is 0. The molecule has 0 bridgehead atoms. The maximum absolute atomic E-state index is 12.4. The Morgan fingerprint density at radius 3 is 1.89 bits per heavy atom. The Kier molecular flexibility index (Phi) is 5.18.